The standard InChI is InChI=1S/C29H34FNO/c1-4-20-29(5-2,24-15-17-26(18-16-24)32-6-3)21-10-11-23-14-19-27(30)28(22-23)31-25-12-8-7-9-13-25/h5,7-9,12-19,22,31H,2,4,6,10-11,20-21H2,1,3H3. The van der Waals surface area contributed by atoms with E-state index in [9.17, 15) is 4.39 Å². The number of aryl methyl sites for hydroxylation is 1. The summed E-state index contributed by atoms with van der Waals surface area (Å²) in [6.07, 6.45) is 7.13. The van der Waals surface area contributed by atoms with Gasteiger partial charge in [-0.05, 0) is 80.1 Å². The van der Waals surface area contributed by atoms with Gasteiger partial charge in [-0.1, -0.05) is 55.8 Å². The molecular formula is C29H34FNO. The van der Waals surface area contributed by atoms with Gasteiger partial charge in [0.2, 0.25) is 0 Å². The maximum Gasteiger partial charge on any atom is 0.146 e. The third-order valence-corrected chi connectivity index (χ3v) is 6.00. The number of benzene rings is 3. The van der Waals surface area contributed by atoms with Crippen molar-refractivity contribution in [1.82, 2.24) is 0 Å². The SMILES string of the molecule is C=CC(CCC)(CCCc1ccc(F)c(Nc2ccccc2)c1)c1ccc(OCC)cc1. The normalized spacial score (nSPS) is 12.7. The Kier molecular flexibility index (Phi) is 8.49. The number of hydrogen-bond donors (Lipinski definition) is 1. The smallest absolute Gasteiger partial charge is 0.146 e. The second-order valence-electron chi connectivity index (χ2n) is 8.23. The summed E-state index contributed by atoms with van der Waals surface area (Å²) in [4.78, 5) is 0. The second-order valence-corrected chi connectivity index (χ2v) is 8.23. The number of halogens is 1. The summed E-state index contributed by atoms with van der Waals surface area (Å²) in [6.45, 7) is 9.07. The van der Waals surface area contributed by atoms with Gasteiger partial charge in [0, 0.05) is 11.1 Å². The van der Waals surface area contributed by atoms with Gasteiger partial charge in [0.25, 0.3) is 0 Å². The zero-order valence-electron chi connectivity index (χ0n) is 19.2. The first-order valence-electron chi connectivity index (χ1n) is 11.6. The van der Waals surface area contributed by atoms with Gasteiger partial charge in [0.05, 0.1) is 12.3 Å². The molecule has 168 valence electrons. The quantitative estimate of drug-likeness (QED) is 0.292. The molecule has 3 aromatic rings. The van der Waals surface area contributed by atoms with E-state index < -0.39 is 0 Å². The molecule has 2 nitrogen and oxygen atoms in total. The molecule has 32 heavy (non-hydrogen) atoms. The third-order valence-electron chi connectivity index (χ3n) is 6.00. The fraction of sp³-hybridized carbons (Fsp3) is 0.310. The maximum atomic E-state index is 14.3. The van der Waals surface area contributed by atoms with Crippen LogP contribution in [0, 0.1) is 5.82 Å². The van der Waals surface area contributed by atoms with Crippen molar-refractivity contribution >= 4 is 11.4 Å². The van der Waals surface area contributed by atoms with E-state index in [1.54, 1.807) is 6.07 Å². The van der Waals surface area contributed by atoms with Crippen molar-refractivity contribution in [2.24, 2.45) is 0 Å². The van der Waals surface area contributed by atoms with Crippen LogP contribution in [0.2, 0.25) is 0 Å². The summed E-state index contributed by atoms with van der Waals surface area (Å²) in [6, 6.07) is 23.5. The van der Waals surface area contributed by atoms with Crippen LogP contribution in [-0.4, -0.2) is 6.61 Å². The molecular weight excluding hydrogens is 397 g/mol. The lowest BCUT2D eigenvalue weighted by atomic mass is 9.73. The molecule has 0 aromatic heterocycles. The van der Waals surface area contributed by atoms with Gasteiger partial charge < -0.3 is 10.1 Å². The number of anilines is 2. The molecule has 0 radical (unpaired) electrons. The molecule has 0 aliphatic rings. The van der Waals surface area contributed by atoms with Crippen LogP contribution in [0.5, 0.6) is 5.75 Å². The Morgan fingerprint density at radius 1 is 0.969 bits per heavy atom. The lowest BCUT2D eigenvalue weighted by Gasteiger charge is -2.31. The molecule has 0 heterocycles. The minimum atomic E-state index is -0.238. The number of rotatable bonds is 12. The summed E-state index contributed by atoms with van der Waals surface area (Å²) in [7, 11) is 0. The predicted molar refractivity (Wildman–Crippen MR) is 133 cm³/mol. The first kappa shape index (κ1) is 23.6. The predicted octanol–water partition coefficient (Wildman–Crippen LogP) is 8.21. The first-order valence-corrected chi connectivity index (χ1v) is 11.6. The summed E-state index contributed by atoms with van der Waals surface area (Å²) in [5, 5.41) is 3.19. The summed E-state index contributed by atoms with van der Waals surface area (Å²) >= 11 is 0. The van der Waals surface area contributed by atoms with Crippen LogP contribution in [0.3, 0.4) is 0 Å². The van der Waals surface area contributed by atoms with Crippen LogP contribution < -0.4 is 10.1 Å². The Morgan fingerprint density at radius 3 is 2.38 bits per heavy atom. The number of hydrogen-bond acceptors (Lipinski definition) is 2. The van der Waals surface area contributed by atoms with E-state index in [0.29, 0.717) is 12.3 Å². The van der Waals surface area contributed by atoms with Crippen molar-refractivity contribution in [1.29, 1.82) is 0 Å². The monoisotopic (exact) mass is 431 g/mol. The maximum absolute atomic E-state index is 14.3. The van der Waals surface area contributed by atoms with Gasteiger partial charge in [-0.3, -0.25) is 0 Å². The number of nitrogens with one attached hydrogen (secondary N) is 1. The Morgan fingerprint density at radius 2 is 1.72 bits per heavy atom. The Balaban J connectivity index is 1.70. The summed E-state index contributed by atoms with van der Waals surface area (Å²) in [5.41, 5.74) is 3.75. The third kappa shape index (κ3) is 6.00. The van der Waals surface area contributed by atoms with Gasteiger partial charge in [-0.15, -0.1) is 6.58 Å². The number of ether oxygens (including phenoxy) is 1. The molecule has 1 atom stereocenters. The van der Waals surface area contributed by atoms with Crippen LogP contribution >= 0.6 is 0 Å². The zero-order chi connectivity index (χ0) is 22.8. The molecule has 0 bridgehead atoms. The Labute approximate surface area is 192 Å². The number of para-hydroxylation sites is 1. The lowest BCUT2D eigenvalue weighted by Crippen LogP contribution is -2.23. The van der Waals surface area contributed by atoms with Crippen LogP contribution in [0.25, 0.3) is 0 Å². The van der Waals surface area contributed by atoms with Crippen molar-refractivity contribution in [3.8, 4) is 5.75 Å². The van der Waals surface area contributed by atoms with Gasteiger partial charge in [-0.25, -0.2) is 4.39 Å². The largest absolute Gasteiger partial charge is 0.494 e. The fourth-order valence-electron chi connectivity index (χ4n) is 4.34. The molecule has 3 rings (SSSR count). The van der Waals surface area contributed by atoms with Crippen molar-refractivity contribution in [3.05, 3.63) is 102 Å². The molecule has 0 spiro atoms. The summed E-state index contributed by atoms with van der Waals surface area (Å²) < 4.78 is 20.0. The van der Waals surface area contributed by atoms with E-state index in [1.807, 2.05) is 61.5 Å². The molecule has 0 aliphatic heterocycles. The van der Waals surface area contributed by atoms with E-state index in [2.05, 4.69) is 37.0 Å². The first-order chi connectivity index (χ1) is 15.6. The molecule has 3 aromatic carbocycles. The zero-order valence-corrected chi connectivity index (χ0v) is 19.2. The van der Waals surface area contributed by atoms with Crippen molar-refractivity contribution in [3.63, 3.8) is 0 Å². The molecule has 0 amide bonds. The lowest BCUT2D eigenvalue weighted by molar-refractivity contribution is 0.339. The van der Waals surface area contributed by atoms with Crippen molar-refractivity contribution in [2.75, 3.05) is 11.9 Å². The highest BCUT2D eigenvalue weighted by molar-refractivity contribution is 5.60. The van der Waals surface area contributed by atoms with E-state index >= 15 is 0 Å². The van der Waals surface area contributed by atoms with Crippen LogP contribution in [-0.2, 0) is 11.8 Å². The Hall–Kier alpha value is -3.07. The van der Waals surface area contributed by atoms with E-state index in [0.717, 1.165) is 49.1 Å². The van der Waals surface area contributed by atoms with Gasteiger partial charge in [0.15, 0.2) is 0 Å². The average Bonchev–Trinajstić information content (AvgIpc) is 2.82. The molecule has 0 saturated carbocycles. The molecule has 0 saturated heterocycles. The fourth-order valence-corrected chi connectivity index (χ4v) is 4.34. The van der Waals surface area contributed by atoms with Crippen molar-refractivity contribution < 1.29 is 9.13 Å². The highest BCUT2D eigenvalue weighted by Gasteiger charge is 2.27. The van der Waals surface area contributed by atoms with E-state index in [4.69, 9.17) is 4.74 Å². The molecule has 0 aliphatic carbocycles. The van der Waals surface area contributed by atoms with E-state index in [-0.39, 0.29) is 11.2 Å². The van der Waals surface area contributed by atoms with Gasteiger partial charge >= 0.3 is 0 Å². The minimum absolute atomic E-state index is 0.0648. The molecule has 3 heteroatoms. The molecule has 0 fully saturated rings. The highest BCUT2D eigenvalue weighted by Crippen LogP contribution is 2.37. The van der Waals surface area contributed by atoms with Gasteiger partial charge in [-0.2, -0.15) is 0 Å². The van der Waals surface area contributed by atoms with Crippen LogP contribution in [0.15, 0.2) is 85.5 Å². The number of allylic oxidation sites excluding steroid dienone is 1. The highest BCUT2D eigenvalue weighted by atomic mass is 19.1. The molecule has 1 unspecified atom stereocenters. The van der Waals surface area contributed by atoms with E-state index in [1.165, 1.54) is 5.56 Å². The van der Waals surface area contributed by atoms with Crippen LogP contribution in [0.1, 0.15) is 50.7 Å². The van der Waals surface area contributed by atoms with Crippen molar-refractivity contribution in [2.45, 2.75) is 51.4 Å². The Bertz CT molecular complexity index is 984. The van der Waals surface area contributed by atoms with Crippen LogP contribution in [0.4, 0.5) is 15.8 Å². The minimum Gasteiger partial charge on any atom is -0.494 e. The van der Waals surface area contributed by atoms with Gasteiger partial charge in [0.1, 0.15) is 11.6 Å². The second kappa shape index (κ2) is 11.5. The average molecular weight is 432 g/mol. The topological polar surface area (TPSA) is 21.3 Å². The summed E-state index contributed by atoms with van der Waals surface area (Å²) in [5.74, 6) is 0.661. The molecule has 1 N–H and O–H groups in total.